The van der Waals surface area contributed by atoms with Crippen LogP contribution in [0.2, 0.25) is 0 Å². The van der Waals surface area contributed by atoms with Crippen LogP contribution in [0.5, 0.6) is 0 Å². The molecule has 1 heterocycles. The summed E-state index contributed by atoms with van der Waals surface area (Å²) in [6.45, 7) is 1.76. The van der Waals surface area contributed by atoms with Gasteiger partial charge in [-0.05, 0) is 22.3 Å². The number of rotatable bonds is 14. The van der Waals surface area contributed by atoms with E-state index in [-0.39, 0.29) is 32.3 Å². The fourth-order valence-electron chi connectivity index (χ4n) is 5.88. The number of aliphatic hydroxyl groups excluding tert-OH is 1. The van der Waals surface area contributed by atoms with Gasteiger partial charge in [0.05, 0.1) is 51.2 Å². The lowest BCUT2D eigenvalue weighted by atomic mass is 9.86. The molecule has 4 aromatic rings. The molecule has 1 saturated heterocycles. The molecule has 246 valence electrons. The van der Waals surface area contributed by atoms with Gasteiger partial charge in [-0.15, -0.1) is 0 Å². The number of carbonyl (C=O) groups is 2. The summed E-state index contributed by atoms with van der Waals surface area (Å²) in [5, 5.41) is 13.8. The zero-order chi connectivity index (χ0) is 32.8. The average Bonchev–Trinajstić information content (AvgIpc) is 3.11. The Bertz CT molecular complexity index is 1510. The number of carbonyl (C=O) groups excluding carboxylic acids is 2. The SMILES string of the molecule is CC(=O)NC1C(OCc2ccccc2)[C@H](OCc2ccccc2)C(COCc2ccccc2)N(C(=O)OCc2ccccc2)[C@@H]1CO. The van der Waals surface area contributed by atoms with Crippen LogP contribution in [0.15, 0.2) is 121 Å². The number of benzene rings is 4. The van der Waals surface area contributed by atoms with Gasteiger partial charge < -0.3 is 29.4 Å². The van der Waals surface area contributed by atoms with Crippen molar-refractivity contribution in [3.8, 4) is 0 Å². The summed E-state index contributed by atoms with van der Waals surface area (Å²) in [4.78, 5) is 28.1. The Hall–Kier alpha value is -4.54. The van der Waals surface area contributed by atoms with Crippen molar-refractivity contribution in [2.24, 2.45) is 0 Å². The minimum absolute atomic E-state index is 0.0280. The van der Waals surface area contributed by atoms with Crippen molar-refractivity contribution in [3.63, 3.8) is 0 Å². The predicted molar refractivity (Wildman–Crippen MR) is 177 cm³/mol. The predicted octanol–water partition coefficient (Wildman–Crippen LogP) is 5.26. The highest BCUT2D eigenvalue weighted by atomic mass is 16.6. The fourth-order valence-corrected chi connectivity index (χ4v) is 5.88. The quantitative estimate of drug-likeness (QED) is 0.194. The maximum atomic E-state index is 14.0. The number of piperidine rings is 1. The molecule has 0 radical (unpaired) electrons. The van der Waals surface area contributed by atoms with Crippen molar-refractivity contribution < 1.29 is 33.6 Å². The number of ether oxygens (including phenoxy) is 4. The average molecular weight is 639 g/mol. The summed E-state index contributed by atoms with van der Waals surface area (Å²) >= 11 is 0. The first-order chi connectivity index (χ1) is 23.0. The van der Waals surface area contributed by atoms with Crippen LogP contribution in [0.25, 0.3) is 0 Å². The minimum Gasteiger partial charge on any atom is -0.445 e. The fraction of sp³-hybridized carbons (Fsp3) is 0.316. The molecule has 3 unspecified atom stereocenters. The first kappa shape index (κ1) is 33.8. The summed E-state index contributed by atoms with van der Waals surface area (Å²) in [6, 6.07) is 36.0. The van der Waals surface area contributed by atoms with E-state index in [0.717, 1.165) is 22.3 Å². The van der Waals surface area contributed by atoms with Crippen molar-refractivity contribution in [1.82, 2.24) is 10.2 Å². The molecule has 9 heteroatoms. The molecule has 0 aliphatic carbocycles. The molecule has 5 atom stereocenters. The van der Waals surface area contributed by atoms with E-state index in [9.17, 15) is 14.7 Å². The van der Waals surface area contributed by atoms with Gasteiger partial charge in [0, 0.05) is 6.92 Å². The molecule has 1 aliphatic rings. The highest BCUT2D eigenvalue weighted by Gasteiger charge is 2.53. The van der Waals surface area contributed by atoms with Crippen molar-refractivity contribution >= 4 is 12.0 Å². The zero-order valence-corrected chi connectivity index (χ0v) is 26.5. The second-order valence-electron chi connectivity index (χ2n) is 11.5. The summed E-state index contributed by atoms with van der Waals surface area (Å²) in [5.74, 6) is -0.333. The lowest BCUT2D eigenvalue weighted by Crippen LogP contribution is -2.74. The second-order valence-corrected chi connectivity index (χ2v) is 11.5. The molecule has 1 aliphatic heterocycles. The lowest BCUT2D eigenvalue weighted by Gasteiger charge is -2.52. The summed E-state index contributed by atoms with van der Waals surface area (Å²) < 4.78 is 25.3. The van der Waals surface area contributed by atoms with Crippen LogP contribution in [0, 0.1) is 0 Å². The summed E-state index contributed by atoms with van der Waals surface area (Å²) in [6.07, 6.45) is -2.20. The lowest BCUT2D eigenvalue weighted by molar-refractivity contribution is -0.182. The standard InChI is InChI=1S/C38H42N2O7/c1-28(42)39-35-33(22-41)40(38(43)47-26-32-20-12-5-13-21-32)34(27-44-23-29-14-6-2-7-15-29)36(45-24-30-16-8-3-9-17-30)37(35)46-25-31-18-10-4-11-19-31/h2-21,33-37,41H,22-27H2,1H3,(H,39,42)/t33-,34?,35?,36-,37?/m1/s1. The summed E-state index contributed by atoms with van der Waals surface area (Å²) in [5.41, 5.74) is 3.64. The Morgan fingerprint density at radius 1 is 0.638 bits per heavy atom. The molecule has 9 nitrogen and oxygen atoms in total. The van der Waals surface area contributed by atoms with Gasteiger partial charge in [-0.2, -0.15) is 0 Å². The third-order valence-electron chi connectivity index (χ3n) is 8.13. The number of aliphatic hydroxyl groups is 1. The normalized spacial score (nSPS) is 20.8. The molecule has 0 saturated carbocycles. The Balaban J connectivity index is 1.50. The van der Waals surface area contributed by atoms with Gasteiger partial charge in [0.2, 0.25) is 5.91 Å². The van der Waals surface area contributed by atoms with Crippen LogP contribution in [0.1, 0.15) is 29.2 Å². The molecular weight excluding hydrogens is 596 g/mol. The van der Waals surface area contributed by atoms with E-state index in [0.29, 0.717) is 6.61 Å². The van der Waals surface area contributed by atoms with Gasteiger partial charge in [0.25, 0.3) is 0 Å². The third-order valence-corrected chi connectivity index (χ3v) is 8.13. The molecule has 47 heavy (non-hydrogen) atoms. The van der Waals surface area contributed by atoms with E-state index in [4.69, 9.17) is 18.9 Å². The van der Waals surface area contributed by atoms with Gasteiger partial charge >= 0.3 is 6.09 Å². The Kier molecular flexibility index (Phi) is 12.5. The largest absolute Gasteiger partial charge is 0.445 e. The van der Waals surface area contributed by atoms with Crippen LogP contribution in [-0.2, 0) is 50.2 Å². The Morgan fingerprint density at radius 2 is 1.09 bits per heavy atom. The zero-order valence-electron chi connectivity index (χ0n) is 26.5. The van der Waals surface area contributed by atoms with Crippen LogP contribution in [0.3, 0.4) is 0 Å². The van der Waals surface area contributed by atoms with Gasteiger partial charge in [-0.1, -0.05) is 121 Å². The molecule has 0 bridgehead atoms. The van der Waals surface area contributed by atoms with Gasteiger partial charge in [-0.3, -0.25) is 9.69 Å². The number of nitrogens with zero attached hydrogens (tertiary/aromatic N) is 1. The topological polar surface area (TPSA) is 107 Å². The van der Waals surface area contributed by atoms with Crippen LogP contribution < -0.4 is 5.32 Å². The van der Waals surface area contributed by atoms with Gasteiger partial charge in [-0.25, -0.2) is 4.79 Å². The molecule has 5 rings (SSSR count). The molecule has 1 fully saturated rings. The van der Waals surface area contributed by atoms with E-state index < -0.39 is 43.0 Å². The Morgan fingerprint density at radius 3 is 1.55 bits per heavy atom. The second kappa shape index (κ2) is 17.4. The first-order valence-corrected chi connectivity index (χ1v) is 15.8. The number of nitrogens with one attached hydrogen (secondary N) is 1. The monoisotopic (exact) mass is 638 g/mol. The van der Waals surface area contributed by atoms with Crippen LogP contribution >= 0.6 is 0 Å². The van der Waals surface area contributed by atoms with Crippen molar-refractivity contribution in [1.29, 1.82) is 0 Å². The van der Waals surface area contributed by atoms with E-state index in [1.165, 1.54) is 11.8 Å². The van der Waals surface area contributed by atoms with Crippen molar-refractivity contribution in [3.05, 3.63) is 144 Å². The first-order valence-electron chi connectivity index (χ1n) is 15.8. The van der Waals surface area contributed by atoms with Gasteiger partial charge in [0.1, 0.15) is 18.8 Å². The van der Waals surface area contributed by atoms with Crippen molar-refractivity contribution in [2.75, 3.05) is 13.2 Å². The maximum Gasteiger partial charge on any atom is 0.410 e. The molecule has 4 aromatic carbocycles. The maximum absolute atomic E-state index is 14.0. The van der Waals surface area contributed by atoms with E-state index in [1.807, 2.05) is 121 Å². The van der Waals surface area contributed by atoms with Gasteiger partial charge in [0.15, 0.2) is 0 Å². The minimum atomic E-state index is -0.898. The van der Waals surface area contributed by atoms with Crippen LogP contribution in [-0.4, -0.2) is 65.6 Å². The number of amides is 2. The molecule has 2 N–H and O–H groups in total. The van der Waals surface area contributed by atoms with E-state index in [2.05, 4.69) is 5.32 Å². The smallest absolute Gasteiger partial charge is 0.410 e. The summed E-state index contributed by atoms with van der Waals surface area (Å²) in [7, 11) is 0. The third kappa shape index (κ3) is 9.49. The highest BCUT2D eigenvalue weighted by Crippen LogP contribution is 2.32. The number of hydrogen-bond donors (Lipinski definition) is 2. The number of hydrogen-bond acceptors (Lipinski definition) is 7. The molecule has 0 spiro atoms. The van der Waals surface area contributed by atoms with E-state index >= 15 is 0 Å². The molecule has 2 amide bonds. The van der Waals surface area contributed by atoms with Crippen molar-refractivity contribution in [2.45, 2.75) is 63.7 Å². The van der Waals surface area contributed by atoms with Crippen LogP contribution in [0.4, 0.5) is 4.79 Å². The molecular formula is C38H42N2O7. The highest BCUT2D eigenvalue weighted by molar-refractivity contribution is 5.74. The molecule has 0 aromatic heterocycles. The van der Waals surface area contributed by atoms with E-state index in [1.54, 1.807) is 0 Å². The number of likely N-dealkylation sites (tertiary alicyclic amines) is 1. The Labute approximate surface area is 276 Å².